The molecule has 2 aromatic rings. The molecule has 3 rings (SSSR count). The van der Waals surface area contributed by atoms with Gasteiger partial charge < -0.3 is 15.0 Å². The lowest BCUT2D eigenvalue weighted by Crippen LogP contribution is -2.50. The fraction of sp³-hybridized carbons (Fsp3) is 0.300. The molecule has 136 valence electrons. The molecule has 0 unspecified atom stereocenters. The van der Waals surface area contributed by atoms with Crippen molar-refractivity contribution in [2.45, 2.75) is 0 Å². The molecule has 26 heavy (non-hydrogen) atoms. The van der Waals surface area contributed by atoms with Gasteiger partial charge in [0, 0.05) is 44.8 Å². The quantitative estimate of drug-likeness (QED) is 0.895. The second kappa shape index (κ2) is 9.01. The third kappa shape index (κ3) is 5.07. The van der Waals surface area contributed by atoms with E-state index in [-0.39, 0.29) is 5.91 Å². The van der Waals surface area contributed by atoms with Gasteiger partial charge >= 0.3 is 6.09 Å². The Morgan fingerprint density at radius 2 is 1.50 bits per heavy atom. The largest absolute Gasteiger partial charge is 0.412 e. The fourth-order valence-electron chi connectivity index (χ4n) is 2.89. The Labute approximate surface area is 153 Å². The topological polar surface area (TPSA) is 61.9 Å². The van der Waals surface area contributed by atoms with E-state index in [1.54, 1.807) is 12.1 Å². The molecule has 0 aliphatic carbocycles. The number of nitrogens with zero attached hydrogens (tertiary/aromatic N) is 2. The molecule has 1 heterocycles. The monoisotopic (exact) mass is 353 g/mol. The van der Waals surface area contributed by atoms with Gasteiger partial charge in [0.05, 0.1) is 0 Å². The van der Waals surface area contributed by atoms with Crippen molar-refractivity contribution in [2.24, 2.45) is 0 Å². The maximum atomic E-state index is 12.4. The molecule has 0 aromatic heterocycles. The highest BCUT2D eigenvalue weighted by Gasteiger charge is 2.21. The molecule has 0 saturated carbocycles. The van der Waals surface area contributed by atoms with Gasteiger partial charge in [-0.25, -0.2) is 4.79 Å². The van der Waals surface area contributed by atoms with Crippen molar-refractivity contribution in [3.05, 3.63) is 66.2 Å². The number of ether oxygens (including phenoxy) is 1. The first-order chi connectivity index (χ1) is 12.7. The van der Waals surface area contributed by atoms with Crippen LogP contribution in [0, 0.1) is 0 Å². The van der Waals surface area contributed by atoms with Gasteiger partial charge in [-0.3, -0.25) is 9.69 Å². The second-order valence-corrected chi connectivity index (χ2v) is 6.13. The van der Waals surface area contributed by atoms with Crippen LogP contribution in [0.1, 0.15) is 10.4 Å². The van der Waals surface area contributed by atoms with Crippen molar-refractivity contribution >= 4 is 12.0 Å². The highest BCUT2D eigenvalue weighted by atomic mass is 16.6. The number of para-hydroxylation sites is 1. The van der Waals surface area contributed by atoms with Crippen molar-refractivity contribution in [1.29, 1.82) is 0 Å². The first-order valence-electron chi connectivity index (χ1n) is 8.80. The summed E-state index contributed by atoms with van der Waals surface area (Å²) in [6.45, 7) is 4.24. The minimum Gasteiger partial charge on any atom is -0.410 e. The van der Waals surface area contributed by atoms with E-state index >= 15 is 0 Å². The second-order valence-electron chi connectivity index (χ2n) is 6.13. The standard InChI is InChI=1S/C20H23N3O3/c24-19(17-7-3-1-4-8-17)23-15-13-22(14-16-23)12-11-21-20(25)26-18-9-5-2-6-10-18/h1-10H,11-16H2,(H,21,25). The van der Waals surface area contributed by atoms with Crippen molar-refractivity contribution in [3.63, 3.8) is 0 Å². The van der Waals surface area contributed by atoms with E-state index in [4.69, 9.17) is 4.74 Å². The van der Waals surface area contributed by atoms with Gasteiger partial charge in [0.15, 0.2) is 0 Å². The molecular formula is C20H23N3O3. The number of piperazine rings is 1. The van der Waals surface area contributed by atoms with Crippen LogP contribution >= 0.6 is 0 Å². The third-order valence-electron chi connectivity index (χ3n) is 4.33. The summed E-state index contributed by atoms with van der Waals surface area (Å²) in [6.07, 6.45) is -0.450. The Morgan fingerprint density at radius 1 is 0.885 bits per heavy atom. The molecular weight excluding hydrogens is 330 g/mol. The number of nitrogens with one attached hydrogen (secondary N) is 1. The molecule has 6 nitrogen and oxygen atoms in total. The van der Waals surface area contributed by atoms with Gasteiger partial charge in [0.1, 0.15) is 5.75 Å². The number of benzene rings is 2. The van der Waals surface area contributed by atoms with Gasteiger partial charge in [-0.05, 0) is 24.3 Å². The summed E-state index contributed by atoms with van der Waals surface area (Å²) in [5.41, 5.74) is 0.728. The Bertz CT molecular complexity index is 714. The summed E-state index contributed by atoms with van der Waals surface area (Å²) >= 11 is 0. The summed E-state index contributed by atoms with van der Waals surface area (Å²) in [5, 5.41) is 2.75. The first-order valence-corrected chi connectivity index (χ1v) is 8.80. The Kier molecular flexibility index (Phi) is 6.22. The van der Waals surface area contributed by atoms with Gasteiger partial charge in [-0.2, -0.15) is 0 Å². The van der Waals surface area contributed by atoms with E-state index in [0.717, 1.165) is 25.2 Å². The van der Waals surface area contributed by atoms with Crippen LogP contribution in [0.15, 0.2) is 60.7 Å². The van der Waals surface area contributed by atoms with Crippen LogP contribution in [-0.2, 0) is 0 Å². The molecule has 0 radical (unpaired) electrons. The van der Waals surface area contributed by atoms with Gasteiger partial charge in [-0.15, -0.1) is 0 Å². The number of hydrogen-bond donors (Lipinski definition) is 1. The number of rotatable bonds is 5. The first kappa shape index (κ1) is 17.9. The average molecular weight is 353 g/mol. The predicted molar refractivity (Wildman–Crippen MR) is 99.3 cm³/mol. The summed E-state index contributed by atoms with van der Waals surface area (Å²) in [6, 6.07) is 18.3. The van der Waals surface area contributed by atoms with Gasteiger partial charge in [0.25, 0.3) is 5.91 Å². The van der Waals surface area contributed by atoms with Crippen molar-refractivity contribution in [3.8, 4) is 5.75 Å². The molecule has 6 heteroatoms. The average Bonchev–Trinajstić information content (AvgIpc) is 2.69. The van der Waals surface area contributed by atoms with Crippen LogP contribution in [0.5, 0.6) is 5.75 Å². The van der Waals surface area contributed by atoms with E-state index in [1.165, 1.54) is 0 Å². The number of carbonyl (C=O) groups excluding carboxylic acids is 2. The molecule has 1 saturated heterocycles. The molecule has 0 spiro atoms. The summed E-state index contributed by atoms with van der Waals surface area (Å²) in [7, 11) is 0. The summed E-state index contributed by atoms with van der Waals surface area (Å²) in [5.74, 6) is 0.604. The molecule has 0 bridgehead atoms. The van der Waals surface area contributed by atoms with E-state index in [1.807, 2.05) is 53.4 Å². The van der Waals surface area contributed by atoms with Gasteiger partial charge in [-0.1, -0.05) is 36.4 Å². The number of carbonyl (C=O) groups is 2. The predicted octanol–water partition coefficient (Wildman–Crippen LogP) is 2.23. The van der Waals surface area contributed by atoms with E-state index in [9.17, 15) is 9.59 Å². The van der Waals surface area contributed by atoms with Crippen LogP contribution in [-0.4, -0.2) is 61.1 Å². The smallest absolute Gasteiger partial charge is 0.410 e. The molecule has 0 atom stereocenters. The summed E-state index contributed by atoms with van der Waals surface area (Å²) < 4.78 is 5.18. The Hall–Kier alpha value is -2.86. The van der Waals surface area contributed by atoms with E-state index < -0.39 is 6.09 Å². The third-order valence-corrected chi connectivity index (χ3v) is 4.33. The van der Waals surface area contributed by atoms with Crippen molar-refractivity contribution < 1.29 is 14.3 Å². The van der Waals surface area contributed by atoms with E-state index in [0.29, 0.717) is 25.4 Å². The zero-order valence-corrected chi connectivity index (χ0v) is 14.6. The van der Waals surface area contributed by atoms with Crippen LogP contribution in [0.4, 0.5) is 4.79 Å². The van der Waals surface area contributed by atoms with Crippen LogP contribution in [0.25, 0.3) is 0 Å². The van der Waals surface area contributed by atoms with Crippen LogP contribution in [0.3, 0.4) is 0 Å². The minimum absolute atomic E-state index is 0.0785. The Morgan fingerprint density at radius 3 is 2.15 bits per heavy atom. The van der Waals surface area contributed by atoms with Crippen LogP contribution in [0.2, 0.25) is 0 Å². The maximum absolute atomic E-state index is 12.4. The lowest BCUT2D eigenvalue weighted by Gasteiger charge is -2.34. The lowest BCUT2D eigenvalue weighted by molar-refractivity contribution is 0.0639. The zero-order valence-electron chi connectivity index (χ0n) is 14.6. The number of hydrogen-bond acceptors (Lipinski definition) is 4. The molecule has 1 N–H and O–H groups in total. The molecule has 1 aliphatic rings. The summed E-state index contributed by atoms with van der Waals surface area (Å²) in [4.78, 5) is 28.3. The molecule has 1 aliphatic heterocycles. The molecule has 2 aromatic carbocycles. The normalized spacial score (nSPS) is 14.7. The minimum atomic E-state index is -0.450. The molecule has 1 fully saturated rings. The SMILES string of the molecule is O=C(NCCN1CCN(C(=O)c2ccccc2)CC1)Oc1ccccc1. The van der Waals surface area contributed by atoms with Gasteiger partial charge in [0.2, 0.25) is 0 Å². The highest BCUT2D eigenvalue weighted by Crippen LogP contribution is 2.09. The number of amides is 2. The lowest BCUT2D eigenvalue weighted by atomic mass is 10.2. The van der Waals surface area contributed by atoms with E-state index in [2.05, 4.69) is 10.2 Å². The zero-order chi connectivity index (χ0) is 18.2. The van der Waals surface area contributed by atoms with Crippen LogP contribution < -0.4 is 10.1 Å². The molecule has 2 amide bonds. The van der Waals surface area contributed by atoms with Crippen molar-refractivity contribution in [2.75, 3.05) is 39.3 Å². The Balaban J connectivity index is 1.35. The van der Waals surface area contributed by atoms with Crippen molar-refractivity contribution in [1.82, 2.24) is 15.1 Å². The highest BCUT2D eigenvalue weighted by molar-refractivity contribution is 5.94. The fourth-order valence-corrected chi connectivity index (χ4v) is 2.89. The maximum Gasteiger partial charge on any atom is 0.412 e.